The zero-order chi connectivity index (χ0) is 15.5. The first-order valence-electron chi connectivity index (χ1n) is 8.11. The number of nitrogens with zero attached hydrogens (tertiary/aromatic N) is 2. The van der Waals surface area contributed by atoms with Crippen LogP contribution in [0.5, 0.6) is 0 Å². The number of amides is 2. The number of likely N-dealkylation sites (tertiary alicyclic amines) is 1. The number of thiazole rings is 1. The largest absolute Gasteiger partial charge is 0.336 e. The van der Waals surface area contributed by atoms with Crippen molar-refractivity contribution in [1.82, 2.24) is 15.2 Å². The molecule has 0 saturated carbocycles. The zero-order valence-corrected chi connectivity index (χ0v) is 14.0. The summed E-state index contributed by atoms with van der Waals surface area (Å²) in [6, 6.07) is 8.59. The third-order valence-electron chi connectivity index (χ3n) is 4.34. The van der Waals surface area contributed by atoms with E-state index in [1.54, 1.807) is 11.3 Å². The van der Waals surface area contributed by atoms with Crippen molar-refractivity contribution in [3.05, 3.63) is 29.3 Å². The van der Waals surface area contributed by atoms with Gasteiger partial charge in [-0.15, -0.1) is 11.3 Å². The van der Waals surface area contributed by atoms with Crippen molar-refractivity contribution < 1.29 is 4.79 Å². The number of para-hydroxylation sites is 1. The van der Waals surface area contributed by atoms with E-state index in [-0.39, 0.29) is 18.1 Å². The third-order valence-corrected chi connectivity index (χ3v) is 5.48. The Balaban J connectivity index is 1.84. The number of fused-ring (bicyclic) bond motifs is 1. The standard InChI is InChI=1S/C17H23N3OS/c1-3-12(2)18-17(21)20-11-7-6-9-14(20)16-19-13-8-4-5-10-15(13)22-16/h4-5,8,10,12,14H,3,6-7,9,11H2,1-2H3,(H,18,21). The van der Waals surface area contributed by atoms with Crippen LogP contribution >= 0.6 is 11.3 Å². The quantitative estimate of drug-likeness (QED) is 0.915. The molecule has 1 fully saturated rings. The molecule has 1 saturated heterocycles. The lowest BCUT2D eigenvalue weighted by atomic mass is 10.0. The highest BCUT2D eigenvalue weighted by Crippen LogP contribution is 2.35. The van der Waals surface area contributed by atoms with Crippen LogP contribution in [0.4, 0.5) is 4.79 Å². The molecule has 118 valence electrons. The zero-order valence-electron chi connectivity index (χ0n) is 13.2. The minimum atomic E-state index is 0.0540. The van der Waals surface area contributed by atoms with Crippen LogP contribution in [0.1, 0.15) is 50.6 Å². The van der Waals surface area contributed by atoms with Crippen molar-refractivity contribution >= 4 is 27.6 Å². The Morgan fingerprint density at radius 2 is 2.27 bits per heavy atom. The molecular formula is C17H23N3OS. The minimum Gasteiger partial charge on any atom is -0.336 e. The minimum absolute atomic E-state index is 0.0540. The van der Waals surface area contributed by atoms with Gasteiger partial charge in [0.25, 0.3) is 0 Å². The predicted octanol–water partition coefficient (Wildman–Crippen LogP) is 4.33. The summed E-state index contributed by atoms with van der Waals surface area (Å²) >= 11 is 1.72. The lowest BCUT2D eigenvalue weighted by molar-refractivity contribution is 0.148. The number of nitrogens with one attached hydrogen (secondary N) is 1. The number of rotatable bonds is 3. The molecule has 0 radical (unpaired) electrons. The predicted molar refractivity (Wildman–Crippen MR) is 91.2 cm³/mol. The summed E-state index contributed by atoms with van der Waals surface area (Å²) in [5.74, 6) is 0. The highest BCUT2D eigenvalue weighted by Gasteiger charge is 2.30. The van der Waals surface area contributed by atoms with Gasteiger partial charge in [-0.1, -0.05) is 19.1 Å². The first kappa shape index (κ1) is 15.3. The fourth-order valence-corrected chi connectivity index (χ4v) is 3.97. The van der Waals surface area contributed by atoms with Gasteiger partial charge in [-0.05, 0) is 44.7 Å². The first-order chi connectivity index (χ1) is 10.7. The number of carbonyl (C=O) groups excluding carboxylic acids is 1. The molecule has 5 heteroatoms. The average Bonchev–Trinajstić information content (AvgIpc) is 2.98. The number of benzene rings is 1. The Labute approximate surface area is 135 Å². The van der Waals surface area contributed by atoms with E-state index in [1.807, 2.05) is 23.1 Å². The molecule has 1 aromatic heterocycles. The molecule has 0 spiro atoms. The number of carbonyl (C=O) groups is 1. The van der Waals surface area contributed by atoms with Gasteiger partial charge in [0.2, 0.25) is 0 Å². The highest BCUT2D eigenvalue weighted by atomic mass is 32.1. The van der Waals surface area contributed by atoms with Gasteiger partial charge in [0.1, 0.15) is 5.01 Å². The lowest BCUT2D eigenvalue weighted by Gasteiger charge is -2.35. The highest BCUT2D eigenvalue weighted by molar-refractivity contribution is 7.18. The molecule has 2 aromatic rings. The molecule has 3 rings (SSSR count). The summed E-state index contributed by atoms with van der Waals surface area (Å²) in [4.78, 5) is 19.3. The number of hydrogen-bond donors (Lipinski definition) is 1. The molecule has 1 aromatic carbocycles. The van der Waals surface area contributed by atoms with Gasteiger partial charge in [0.05, 0.1) is 16.3 Å². The third kappa shape index (κ3) is 3.09. The van der Waals surface area contributed by atoms with E-state index in [2.05, 4.69) is 25.2 Å². The van der Waals surface area contributed by atoms with Gasteiger partial charge in [-0.3, -0.25) is 0 Å². The SMILES string of the molecule is CCC(C)NC(=O)N1CCCCC1c1nc2ccccc2s1. The van der Waals surface area contributed by atoms with Crippen LogP contribution in [-0.4, -0.2) is 28.5 Å². The van der Waals surface area contributed by atoms with E-state index in [4.69, 9.17) is 4.98 Å². The maximum Gasteiger partial charge on any atom is 0.318 e. The van der Waals surface area contributed by atoms with Crippen molar-refractivity contribution in [2.75, 3.05) is 6.54 Å². The second-order valence-corrected chi connectivity index (χ2v) is 7.05. The van der Waals surface area contributed by atoms with Gasteiger partial charge in [0, 0.05) is 12.6 Å². The van der Waals surface area contributed by atoms with Gasteiger partial charge in [-0.25, -0.2) is 9.78 Å². The van der Waals surface area contributed by atoms with Crippen LogP contribution < -0.4 is 5.32 Å². The van der Waals surface area contributed by atoms with Crippen LogP contribution in [0.2, 0.25) is 0 Å². The molecule has 1 N–H and O–H groups in total. The Morgan fingerprint density at radius 1 is 1.45 bits per heavy atom. The Morgan fingerprint density at radius 3 is 3.05 bits per heavy atom. The normalized spacial score (nSPS) is 20.1. The summed E-state index contributed by atoms with van der Waals surface area (Å²) in [5, 5.41) is 4.17. The van der Waals surface area contributed by atoms with Crippen LogP contribution in [0.25, 0.3) is 10.2 Å². The maximum atomic E-state index is 12.6. The van der Waals surface area contributed by atoms with Crippen molar-refractivity contribution in [3.63, 3.8) is 0 Å². The molecule has 22 heavy (non-hydrogen) atoms. The van der Waals surface area contributed by atoms with Gasteiger partial charge >= 0.3 is 6.03 Å². The number of piperidine rings is 1. The fraction of sp³-hybridized carbons (Fsp3) is 0.529. The maximum absolute atomic E-state index is 12.6. The van der Waals surface area contributed by atoms with E-state index < -0.39 is 0 Å². The summed E-state index contributed by atoms with van der Waals surface area (Å²) < 4.78 is 1.20. The average molecular weight is 317 g/mol. The summed E-state index contributed by atoms with van der Waals surface area (Å²) in [6.45, 7) is 4.96. The van der Waals surface area contributed by atoms with Crippen LogP contribution in [0.15, 0.2) is 24.3 Å². The van der Waals surface area contributed by atoms with E-state index in [0.717, 1.165) is 42.8 Å². The molecule has 1 aliphatic heterocycles. The molecule has 1 aliphatic rings. The Bertz CT molecular complexity index is 621. The Kier molecular flexibility index (Phi) is 4.62. The molecule has 2 amide bonds. The van der Waals surface area contributed by atoms with E-state index in [1.165, 1.54) is 4.70 Å². The molecule has 0 aliphatic carbocycles. The van der Waals surface area contributed by atoms with Gasteiger partial charge in [-0.2, -0.15) is 0 Å². The van der Waals surface area contributed by atoms with Crippen molar-refractivity contribution in [3.8, 4) is 0 Å². The van der Waals surface area contributed by atoms with E-state index >= 15 is 0 Å². The second kappa shape index (κ2) is 6.65. The summed E-state index contributed by atoms with van der Waals surface area (Å²) in [6.07, 6.45) is 4.20. The molecule has 0 bridgehead atoms. The summed E-state index contributed by atoms with van der Waals surface area (Å²) in [5.41, 5.74) is 1.04. The second-order valence-electron chi connectivity index (χ2n) is 5.98. The monoisotopic (exact) mass is 317 g/mol. The fourth-order valence-electron chi connectivity index (χ4n) is 2.86. The van der Waals surface area contributed by atoms with Crippen LogP contribution in [-0.2, 0) is 0 Å². The van der Waals surface area contributed by atoms with Crippen LogP contribution in [0, 0.1) is 0 Å². The van der Waals surface area contributed by atoms with Crippen molar-refractivity contribution in [2.45, 2.75) is 51.6 Å². The van der Waals surface area contributed by atoms with Gasteiger partial charge in [0.15, 0.2) is 0 Å². The number of aromatic nitrogens is 1. The number of hydrogen-bond acceptors (Lipinski definition) is 3. The molecule has 2 atom stereocenters. The Hall–Kier alpha value is -1.62. The molecule has 2 unspecified atom stereocenters. The number of urea groups is 1. The van der Waals surface area contributed by atoms with Crippen molar-refractivity contribution in [1.29, 1.82) is 0 Å². The van der Waals surface area contributed by atoms with Crippen LogP contribution in [0.3, 0.4) is 0 Å². The molecule has 4 nitrogen and oxygen atoms in total. The van der Waals surface area contributed by atoms with E-state index in [0.29, 0.717) is 0 Å². The van der Waals surface area contributed by atoms with E-state index in [9.17, 15) is 4.79 Å². The van der Waals surface area contributed by atoms with Gasteiger partial charge < -0.3 is 10.2 Å². The first-order valence-corrected chi connectivity index (χ1v) is 8.93. The smallest absolute Gasteiger partial charge is 0.318 e. The summed E-state index contributed by atoms with van der Waals surface area (Å²) in [7, 11) is 0. The van der Waals surface area contributed by atoms with Crippen molar-refractivity contribution in [2.24, 2.45) is 0 Å². The molecule has 2 heterocycles. The molecular weight excluding hydrogens is 294 g/mol. The lowest BCUT2D eigenvalue weighted by Crippen LogP contribution is -2.47. The topological polar surface area (TPSA) is 45.2 Å².